The molecule has 0 radical (unpaired) electrons. The predicted octanol–water partition coefficient (Wildman–Crippen LogP) is 5.00. The molecule has 0 aliphatic carbocycles. The van der Waals surface area contributed by atoms with E-state index in [0.717, 1.165) is 28.1 Å². The van der Waals surface area contributed by atoms with E-state index in [1.165, 1.54) is 0 Å². The van der Waals surface area contributed by atoms with E-state index in [4.69, 9.17) is 8.92 Å². The first-order chi connectivity index (χ1) is 16.1. The third kappa shape index (κ3) is 8.67. The van der Waals surface area contributed by atoms with E-state index in [1.807, 2.05) is 91.0 Å². The van der Waals surface area contributed by atoms with E-state index >= 15 is 0 Å². The van der Waals surface area contributed by atoms with Crippen LogP contribution in [-0.2, 0) is 26.9 Å². The number of ether oxygens (including phenoxy) is 1. The lowest BCUT2D eigenvalue weighted by Crippen LogP contribution is -2.46. The van der Waals surface area contributed by atoms with Crippen LogP contribution in [0.2, 0.25) is 0 Å². The summed E-state index contributed by atoms with van der Waals surface area (Å²) in [4.78, 5) is 13.8. The van der Waals surface area contributed by atoms with Gasteiger partial charge in [0.25, 0.3) is 0 Å². The molecule has 0 aliphatic heterocycles. The highest BCUT2D eigenvalue weighted by molar-refractivity contribution is 7.95. The van der Waals surface area contributed by atoms with Gasteiger partial charge in [-0.2, -0.15) is 0 Å². The molecule has 3 rings (SSSR count). The van der Waals surface area contributed by atoms with Crippen LogP contribution in [0.1, 0.15) is 24.5 Å². The van der Waals surface area contributed by atoms with Gasteiger partial charge in [-0.05, 0) is 36.6 Å². The van der Waals surface area contributed by atoms with Crippen molar-refractivity contribution >= 4 is 18.0 Å². The van der Waals surface area contributed by atoms with E-state index in [0.29, 0.717) is 26.2 Å². The molecule has 5 nitrogen and oxygen atoms in total. The number of carbonyl (C=O) groups is 1. The second kappa shape index (κ2) is 13.8. The zero-order chi connectivity index (χ0) is 23.3. The van der Waals surface area contributed by atoms with Gasteiger partial charge in [0.05, 0.1) is 30.7 Å². The van der Waals surface area contributed by atoms with Gasteiger partial charge >= 0.3 is 5.97 Å². The fraction of sp³-hybridized carbons (Fsp3) is 0.296. The molecule has 0 saturated heterocycles. The van der Waals surface area contributed by atoms with Crippen LogP contribution in [0.3, 0.4) is 0 Å². The average Bonchev–Trinajstić information content (AvgIpc) is 2.85. The molecule has 0 amide bonds. The van der Waals surface area contributed by atoms with Crippen LogP contribution in [-0.4, -0.2) is 29.8 Å². The Morgan fingerprint density at radius 3 is 2.09 bits per heavy atom. The van der Waals surface area contributed by atoms with Crippen LogP contribution >= 0.6 is 12.0 Å². The summed E-state index contributed by atoms with van der Waals surface area (Å²) in [5.74, 6) is -1.18. The van der Waals surface area contributed by atoms with Gasteiger partial charge in [0.15, 0.2) is 0 Å². The highest BCUT2D eigenvalue weighted by Gasteiger charge is 2.34. The first-order valence-electron chi connectivity index (χ1n) is 11.1. The van der Waals surface area contributed by atoms with Gasteiger partial charge in [0.1, 0.15) is 0 Å². The van der Waals surface area contributed by atoms with Gasteiger partial charge in [-0.3, -0.25) is 4.79 Å². The molecule has 0 bridgehead atoms. The van der Waals surface area contributed by atoms with Gasteiger partial charge in [-0.15, -0.1) is 0 Å². The number of aliphatic hydroxyl groups excluding tert-OH is 1. The second-order valence-electron chi connectivity index (χ2n) is 7.86. The molecule has 0 aliphatic rings. The number of aliphatic hydroxyl groups is 1. The van der Waals surface area contributed by atoms with Gasteiger partial charge in [0.2, 0.25) is 0 Å². The number of nitrogens with one attached hydrogen (secondary N) is 1. The lowest BCUT2D eigenvalue weighted by molar-refractivity contribution is -0.142. The van der Waals surface area contributed by atoms with Crippen LogP contribution in [0.15, 0.2) is 95.9 Å². The van der Waals surface area contributed by atoms with E-state index in [2.05, 4.69) is 5.32 Å². The predicted molar refractivity (Wildman–Crippen MR) is 131 cm³/mol. The molecule has 33 heavy (non-hydrogen) atoms. The number of rotatable bonds is 13. The average molecular weight is 466 g/mol. The van der Waals surface area contributed by atoms with Crippen LogP contribution in [0.25, 0.3) is 0 Å². The van der Waals surface area contributed by atoms with E-state index < -0.39 is 18.0 Å². The fourth-order valence-electron chi connectivity index (χ4n) is 3.55. The normalized spacial score (nSPS) is 13.8. The molecule has 3 atom stereocenters. The second-order valence-corrected chi connectivity index (χ2v) is 8.67. The standard InChI is InChI=1S/C27H31NO4S/c1-21(29)26(27(30)32-33-24-15-9-4-10-16-24)25(28-19-22-11-5-2-6-12-22)17-18-31-20-23-13-7-3-8-14-23/h2-16,21,25-26,28-29H,17-20H2,1H3. The van der Waals surface area contributed by atoms with Crippen molar-refractivity contribution < 1.29 is 18.8 Å². The molecular formula is C27H31NO4S. The first-order valence-corrected chi connectivity index (χ1v) is 11.9. The topological polar surface area (TPSA) is 67.8 Å². The molecule has 3 aromatic carbocycles. The maximum Gasteiger partial charge on any atom is 0.325 e. The Hall–Kier alpha value is -2.64. The molecule has 174 valence electrons. The SMILES string of the molecule is CC(O)C(C(=O)OSc1ccccc1)C(CCOCc1ccccc1)NCc1ccccc1. The lowest BCUT2D eigenvalue weighted by atomic mass is 9.92. The summed E-state index contributed by atoms with van der Waals surface area (Å²) in [5.41, 5.74) is 2.20. The molecule has 0 aromatic heterocycles. The van der Waals surface area contributed by atoms with Crippen molar-refractivity contribution in [1.29, 1.82) is 0 Å². The van der Waals surface area contributed by atoms with Crippen LogP contribution in [0.4, 0.5) is 0 Å². The molecule has 3 unspecified atom stereocenters. The lowest BCUT2D eigenvalue weighted by Gasteiger charge is -2.28. The van der Waals surface area contributed by atoms with Crippen LogP contribution in [0, 0.1) is 5.92 Å². The Kier molecular flexibility index (Phi) is 10.5. The number of carbonyl (C=O) groups excluding carboxylic acids is 1. The summed E-state index contributed by atoms with van der Waals surface area (Å²) >= 11 is 1.01. The van der Waals surface area contributed by atoms with Crippen molar-refractivity contribution in [3.05, 3.63) is 102 Å². The van der Waals surface area contributed by atoms with Gasteiger partial charge < -0.3 is 19.3 Å². The third-order valence-corrected chi connectivity index (χ3v) is 6.00. The zero-order valence-corrected chi connectivity index (χ0v) is 19.6. The van der Waals surface area contributed by atoms with E-state index in [1.54, 1.807) is 6.92 Å². The zero-order valence-electron chi connectivity index (χ0n) is 18.8. The van der Waals surface area contributed by atoms with Crippen LogP contribution in [0.5, 0.6) is 0 Å². The Morgan fingerprint density at radius 2 is 1.48 bits per heavy atom. The Bertz CT molecular complexity index is 938. The van der Waals surface area contributed by atoms with Gasteiger partial charge in [0, 0.05) is 24.1 Å². The highest BCUT2D eigenvalue weighted by Crippen LogP contribution is 2.24. The number of benzene rings is 3. The molecule has 2 N–H and O–H groups in total. The Labute approximate surface area is 200 Å². The molecule has 6 heteroatoms. The molecule has 3 aromatic rings. The van der Waals surface area contributed by atoms with Crippen molar-refractivity contribution in [2.24, 2.45) is 5.92 Å². The molecule has 0 saturated carbocycles. The molecule has 0 fully saturated rings. The van der Waals surface area contributed by atoms with Crippen molar-refractivity contribution in [3.63, 3.8) is 0 Å². The fourth-order valence-corrected chi connectivity index (χ4v) is 4.10. The summed E-state index contributed by atoms with van der Waals surface area (Å²) in [6.07, 6.45) is -0.323. The summed E-state index contributed by atoms with van der Waals surface area (Å²) < 4.78 is 11.4. The van der Waals surface area contributed by atoms with Crippen molar-refractivity contribution in [2.75, 3.05) is 6.61 Å². The minimum absolute atomic E-state index is 0.315. The number of hydrogen-bond acceptors (Lipinski definition) is 6. The minimum atomic E-state index is -0.878. The summed E-state index contributed by atoms with van der Waals surface area (Å²) in [6, 6.07) is 29.0. The Balaban J connectivity index is 1.62. The third-order valence-electron chi connectivity index (χ3n) is 5.28. The maximum absolute atomic E-state index is 13.0. The molecule has 0 spiro atoms. The maximum atomic E-state index is 13.0. The largest absolute Gasteiger partial charge is 0.392 e. The van der Waals surface area contributed by atoms with Crippen molar-refractivity contribution in [1.82, 2.24) is 5.32 Å². The van der Waals surface area contributed by atoms with Gasteiger partial charge in [-0.1, -0.05) is 78.9 Å². The van der Waals surface area contributed by atoms with Gasteiger partial charge in [-0.25, -0.2) is 0 Å². The number of hydrogen-bond donors (Lipinski definition) is 2. The highest BCUT2D eigenvalue weighted by atomic mass is 32.2. The monoisotopic (exact) mass is 465 g/mol. The van der Waals surface area contributed by atoms with Crippen molar-refractivity contribution in [2.45, 2.75) is 43.5 Å². The Morgan fingerprint density at radius 1 is 0.909 bits per heavy atom. The molecule has 0 heterocycles. The quantitative estimate of drug-likeness (QED) is 0.274. The first kappa shape index (κ1) is 25.0. The summed E-state index contributed by atoms with van der Waals surface area (Å²) in [5, 5.41) is 13.9. The van der Waals surface area contributed by atoms with Crippen LogP contribution < -0.4 is 5.32 Å². The van der Waals surface area contributed by atoms with E-state index in [9.17, 15) is 9.90 Å². The summed E-state index contributed by atoms with van der Waals surface area (Å²) in [7, 11) is 0. The minimum Gasteiger partial charge on any atom is -0.392 e. The molecular weight excluding hydrogens is 434 g/mol. The smallest absolute Gasteiger partial charge is 0.325 e. The van der Waals surface area contributed by atoms with E-state index in [-0.39, 0.29) is 6.04 Å². The summed E-state index contributed by atoms with van der Waals surface area (Å²) in [6.45, 7) is 3.15. The van der Waals surface area contributed by atoms with Crippen molar-refractivity contribution in [3.8, 4) is 0 Å².